The van der Waals surface area contributed by atoms with Gasteiger partial charge in [-0.1, -0.05) is 11.6 Å². The van der Waals surface area contributed by atoms with Crippen molar-refractivity contribution >= 4 is 11.6 Å². The van der Waals surface area contributed by atoms with Gasteiger partial charge in [0, 0.05) is 5.02 Å². The van der Waals surface area contributed by atoms with Gasteiger partial charge in [-0.2, -0.15) is 13.2 Å². The molecule has 0 heterocycles. The molecule has 5 heteroatoms. The first-order valence-corrected chi connectivity index (χ1v) is 4.25. The zero-order valence-corrected chi connectivity index (χ0v) is 8.02. The second-order valence-corrected chi connectivity index (χ2v) is 3.34. The van der Waals surface area contributed by atoms with Crippen molar-refractivity contribution in [3.05, 3.63) is 34.3 Å². The Morgan fingerprint density at radius 3 is 2.36 bits per heavy atom. The third-order valence-electron chi connectivity index (χ3n) is 1.77. The quantitative estimate of drug-likeness (QED) is 0.775. The van der Waals surface area contributed by atoms with Crippen molar-refractivity contribution in [2.75, 3.05) is 0 Å². The van der Waals surface area contributed by atoms with Gasteiger partial charge in [0.25, 0.3) is 0 Å². The van der Waals surface area contributed by atoms with Crippen LogP contribution in [0.1, 0.15) is 24.2 Å². The highest BCUT2D eigenvalue weighted by atomic mass is 35.5. The predicted octanol–water partition coefficient (Wildman–Crippen LogP) is 3.41. The summed E-state index contributed by atoms with van der Waals surface area (Å²) in [6.45, 7) is 1.26. The molecule has 0 saturated carbocycles. The van der Waals surface area contributed by atoms with Crippen molar-refractivity contribution in [2.24, 2.45) is 0 Å². The number of aliphatic hydroxyl groups is 1. The Bertz CT molecular complexity index is 333. The molecule has 0 amide bonds. The SMILES string of the molecule is C[C@@H](O)c1cc(Cl)ccc1C(F)(F)F. The van der Waals surface area contributed by atoms with Crippen molar-refractivity contribution in [1.82, 2.24) is 0 Å². The van der Waals surface area contributed by atoms with Gasteiger partial charge in [0.15, 0.2) is 0 Å². The summed E-state index contributed by atoms with van der Waals surface area (Å²) in [6.07, 6.45) is -5.65. The molecular formula is C9H8ClF3O. The first kappa shape index (κ1) is 11.3. The summed E-state index contributed by atoms with van der Waals surface area (Å²) >= 11 is 5.53. The monoisotopic (exact) mass is 224 g/mol. The molecule has 0 radical (unpaired) electrons. The smallest absolute Gasteiger partial charge is 0.389 e. The first-order chi connectivity index (χ1) is 6.32. The van der Waals surface area contributed by atoms with Crippen LogP contribution in [0.5, 0.6) is 0 Å². The topological polar surface area (TPSA) is 20.2 Å². The Balaban J connectivity index is 3.29. The minimum Gasteiger partial charge on any atom is -0.389 e. The fourth-order valence-corrected chi connectivity index (χ4v) is 1.32. The van der Waals surface area contributed by atoms with Crippen LogP contribution in [0, 0.1) is 0 Å². The fraction of sp³-hybridized carbons (Fsp3) is 0.333. The highest BCUT2D eigenvalue weighted by molar-refractivity contribution is 6.30. The summed E-state index contributed by atoms with van der Waals surface area (Å²) < 4.78 is 37.2. The molecule has 1 N–H and O–H groups in total. The highest BCUT2D eigenvalue weighted by Crippen LogP contribution is 2.35. The molecule has 0 aliphatic heterocycles. The minimum absolute atomic E-state index is 0.175. The summed E-state index contributed by atoms with van der Waals surface area (Å²) in [5.74, 6) is 0. The standard InChI is InChI=1S/C9H8ClF3O/c1-5(14)7-4-6(10)2-3-8(7)9(11,12)13/h2-5,14H,1H3/t5-/m1/s1. The van der Waals surface area contributed by atoms with E-state index in [9.17, 15) is 13.2 Å². The molecule has 1 atom stereocenters. The van der Waals surface area contributed by atoms with Crippen molar-refractivity contribution in [1.29, 1.82) is 0 Å². The molecular weight excluding hydrogens is 217 g/mol. The van der Waals surface area contributed by atoms with E-state index in [0.29, 0.717) is 0 Å². The van der Waals surface area contributed by atoms with E-state index in [1.165, 1.54) is 6.92 Å². The number of benzene rings is 1. The average Bonchev–Trinajstić information content (AvgIpc) is 2.01. The molecule has 0 aliphatic carbocycles. The molecule has 78 valence electrons. The molecule has 0 unspecified atom stereocenters. The zero-order valence-electron chi connectivity index (χ0n) is 7.27. The van der Waals surface area contributed by atoms with Gasteiger partial charge in [-0.3, -0.25) is 0 Å². The molecule has 1 nitrogen and oxygen atoms in total. The van der Waals surface area contributed by atoms with E-state index < -0.39 is 17.8 Å². The maximum Gasteiger partial charge on any atom is 0.416 e. The van der Waals surface area contributed by atoms with E-state index in [-0.39, 0.29) is 10.6 Å². The molecule has 0 bridgehead atoms. The lowest BCUT2D eigenvalue weighted by molar-refractivity contribution is -0.139. The number of halogens is 4. The summed E-state index contributed by atoms with van der Waals surface area (Å²) in [7, 11) is 0. The Morgan fingerprint density at radius 2 is 1.93 bits per heavy atom. The Hall–Kier alpha value is -0.740. The molecule has 0 spiro atoms. The second kappa shape index (κ2) is 3.79. The van der Waals surface area contributed by atoms with Gasteiger partial charge < -0.3 is 5.11 Å². The van der Waals surface area contributed by atoms with Crippen LogP contribution in [-0.2, 0) is 6.18 Å². The molecule has 14 heavy (non-hydrogen) atoms. The van der Waals surface area contributed by atoms with E-state index in [2.05, 4.69) is 0 Å². The maximum atomic E-state index is 12.4. The summed E-state index contributed by atoms with van der Waals surface area (Å²) in [4.78, 5) is 0. The van der Waals surface area contributed by atoms with Gasteiger partial charge in [0.05, 0.1) is 11.7 Å². The molecule has 1 rings (SSSR count). The molecule has 1 aromatic carbocycles. The second-order valence-electron chi connectivity index (χ2n) is 2.91. The molecule has 0 saturated heterocycles. The lowest BCUT2D eigenvalue weighted by Crippen LogP contribution is -2.10. The van der Waals surface area contributed by atoms with Crippen molar-refractivity contribution in [3.8, 4) is 0 Å². The van der Waals surface area contributed by atoms with Crippen LogP contribution < -0.4 is 0 Å². The largest absolute Gasteiger partial charge is 0.416 e. The molecule has 0 aliphatic rings. The van der Waals surface area contributed by atoms with E-state index in [1.807, 2.05) is 0 Å². The van der Waals surface area contributed by atoms with Crippen LogP contribution in [0.15, 0.2) is 18.2 Å². The number of hydrogen-bond acceptors (Lipinski definition) is 1. The normalized spacial score (nSPS) is 14.1. The number of hydrogen-bond donors (Lipinski definition) is 1. The van der Waals surface area contributed by atoms with Gasteiger partial charge in [0.1, 0.15) is 0 Å². The van der Waals surface area contributed by atoms with Gasteiger partial charge in [-0.15, -0.1) is 0 Å². The highest BCUT2D eigenvalue weighted by Gasteiger charge is 2.34. The number of rotatable bonds is 1. The Morgan fingerprint density at radius 1 is 1.36 bits per heavy atom. The minimum atomic E-state index is -4.46. The van der Waals surface area contributed by atoms with E-state index in [4.69, 9.17) is 16.7 Å². The summed E-state index contributed by atoms with van der Waals surface area (Å²) in [5.41, 5.74) is -1.05. The van der Waals surface area contributed by atoms with Crippen LogP contribution in [0.4, 0.5) is 13.2 Å². The van der Waals surface area contributed by atoms with Crippen LogP contribution in [0.3, 0.4) is 0 Å². The van der Waals surface area contributed by atoms with E-state index >= 15 is 0 Å². The van der Waals surface area contributed by atoms with E-state index in [0.717, 1.165) is 18.2 Å². The molecule has 1 aromatic rings. The van der Waals surface area contributed by atoms with Gasteiger partial charge in [-0.25, -0.2) is 0 Å². The van der Waals surface area contributed by atoms with E-state index in [1.54, 1.807) is 0 Å². The predicted molar refractivity (Wildman–Crippen MR) is 47.1 cm³/mol. The van der Waals surface area contributed by atoms with Crippen molar-refractivity contribution in [2.45, 2.75) is 19.2 Å². The van der Waals surface area contributed by atoms with Crippen LogP contribution in [-0.4, -0.2) is 5.11 Å². The molecule has 0 fully saturated rings. The third kappa shape index (κ3) is 2.39. The van der Waals surface area contributed by atoms with Crippen LogP contribution in [0.2, 0.25) is 5.02 Å². The Kier molecular flexibility index (Phi) is 3.07. The van der Waals surface area contributed by atoms with Gasteiger partial charge in [-0.05, 0) is 30.7 Å². The fourth-order valence-electron chi connectivity index (χ4n) is 1.14. The number of aliphatic hydroxyl groups excluding tert-OH is 1. The van der Waals surface area contributed by atoms with Crippen LogP contribution >= 0.6 is 11.6 Å². The van der Waals surface area contributed by atoms with Crippen LogP contribution in [0.25, 0.3) is 0 Å². The number of alkyl halides is 3. The maximum absolute atomic E-state index is 12.4. The lowest BCUT2D eigenvalue weighted by atomic mass is 10.0. The average molecular weight is 225 g/mol. The first-order valence-electron chi connectivity index (χ1n) is 3.87. The van der Waals surface area contributed by atoms with Gasteiger partial charge in [0.2, 0.25) is 0 Å². The summed E-state index contributed by atoms with van der Waals surface area (Å²) in [6, 6.07) is 3.13. The summed E-state index contributed by atoms with van der Waals surface area (Å²) in [5, 5.41) is 9.31. The Labute approximate surface area is 84.1 Å². The zero-order chi connectivity index (χ0) is 10.9. The molecule has 0 aromatic heterocycles. The lowest BCUT2D eigenvalue weighted by Gasteiger charge is -2.14. The van der Waals surface area contributed by atoms with Gasteiger partial charge >= 0.3 is 6.18 Å². The van der Waals surface area contributed by atoms with Crippen molar-refractivity contribution < 1.29 is 18.3 Å². The third-order valence-corrected chi connectivity index (χ3v) is 2.00. The van der Waals surface area contributed by atoms with Crippen molar-refractivity contribution in [3.63, 3.8) is 0 Å².